The van der Waals surface area contributed by atoms with Crippen molar-refractivity contribution in [1.29, 1.82) is 0 Å². The van der Waals surface area contributed by atoms with Gasteiger partial charge in [-0.05, 0) is 6.07 Å². The summed E-state index contributed by atoms with van der Waals surface area (Å²) in [6, 6.07) is 3.39. The van der Waals surface area contributed by atoms with Crippen LogP contribution in [0, 0.1) is 10.1 Å². The highest BCUT2D eigenvalue weighted by atomic mass is 19.4. The van der Waals surface area contributed by atoms with Crippen molar-refractivity contribution < 1.29 is 22.9 Å². The van der Waals surface area contributed by atoms with Gasteiger partial charge >= 0.3 is 6.18 Å². The number of anilines is 1. The Labute approximate surface area is 105 Å². The van der Waals surface area contributed by atoms with Crippen molar-refractivity contribution in [2.45, 2.75) is 6.18 Å². The molecular weight excluding hydrogens is 267 g/mol. The molecule has 0 unspecified atom stereocenters. The van der Waals surface area contributed by atoms with E-state index >= 15 is 0 Å². The number of nitro benzene ring substituents is 1. The van der Waals surface area contributed by atoms with Crippen molar-refractivity contribution in [2.24, 2.45) is 0 Å². The summed E-state index contributed by atoms with van der Waals surface area (Å²) in [5.74, 6) is -1.03. The number of hydrogen-bond donors (Lipinski definition) is 1. The standard InChI is InChI=1S/C10H10F3N3O3/c1-15(5-10(11,12)13)9(17)6-3-2-4-7(8(6)14)16(18)19/h2-4H,5,14H2,1H3. The smallest absolute Gasteiger partial charge is 0.393 e. The lowest BCUT2D eigenvalue weighted by Gasteiger charge is -2.19. The Kier molecular flexibility index (Phi) is 3.98. The summed E-state index contributed by atoms with van der Waals surface area (Å²) in [7, 11) is 0.939. The Morgan fingerprint density at radius 3 is 2.53 bits per heavy atom. The second-order valence-corrected chi connectivity index (χ2v) is 3.77. The molecule has 1 aromatic rings. The number of nitrogen functional groups attached to an aromatic ring is 1. The molecule has 0 aliphatic carbocycles. The SMILES string of the molecule is CN(CC(F)(F)F)C(=O)c1cccc([N+](=O)[O-])c1N. The minimum Gasteiger partial charge on any atom is -0.393 e. The molecule has 0 saturated heterocycles. The second kappa shape index (κ2) is 5.12. The Bertz CT molecular complexity index is 516. The van der Waals surface area contributed by atoms with Crippen LogP contribution in [-0.4, -0.2) is 35.5 Å². The summed E-state index contributed by atoms with van der Waals surface area (Å²) < 4.78 is 36.5. The Morgan fingerprint density at radius 1 is 1.47 bits per heavy atom. The zero-order valence-electron chi connectivity index (χ0n) is 9.77. The number of amides is 1. The molecular formula is C10H10F3N3O3. The summed E-state index contributed by atoms with van der Waals surface area (Å²) in [6.07, 6.45) is -4.56. The largest absolute Gasteiger partial charge is 0.406 e. The predicted molar refractivity (Wildman–Crippen MR) is 60.5 cm³/mol. The number of carbonyl (C=O) groups is 1. The number of nitro groups is 1. The first-order valence-corrected chi connectivity index (χ1v) is 4.98. The first kappa shape index (κ1) is 14.7. The van der Waals surface area contributed by atoms with Gasteiger partial charge in [-0.25, -0.2) is 0 Å². The summed E-state index contributed by atoms with van der Waals surface area (Å²) in [6.45, 7) is -1.46. The topological polar surface area (TPSA) is 89.5 Å². The number of nitrogens with two attached hydrogens (primary N) is 1. The maximum absolute atomic E-state index is 12.2. The first-order valence-electron chi connectivity index (χ1n) is 4.98. The molecule has 0 aliphatic heterocycles. The third-order valence-electron chi connectivity index (χ3n) is 2.27. The number of halogens is 3. The highest BCUT2D eigenvalue weighted by Crippen LogP contribution is 2.26. The zero-order valence-corrected chi connectivity index (χ0v) is 9.77. The minimum atomic E-state index is -4.56. The molecule has 0 aliphatic rings. The number of alkyl halides is 3. The molecule has 0 radical (unpaired) electrons. The van der Waals surface area contributed by atoms with Crippen LogP contribution in [0.15, 0.2) is 18.2 Å². The number of rotatable bonds is 3. The summed E-state index contributed by atoms with van der Waals surface area (Å²) in [4.78, 5) is 21.9. The molecule has 0 aromatic heterocycles. The van der Waals surface area contributed by atoms with E-state index in [1.165, 1.54) is 6.07 Å². The van der Waals surface area contributed by atoms with E-state index in [1.54, 1.807) is 0 Å². The van der Waals surface area contributed by atoms with Crippen LogP contribution in [0.2, 0.25) is 0 Å². The molecule has 0 saturated carbocycles. The molecule has 1 aromatic carbocycles. The zero-order chi connectivity index (χ0) is 14.8. The van der Waals surface area contributed by atoms with E-state index in [-0.39, 0.29) is 5.56 Å². The summed E-state index contributed by atoms with van der Waals surface area (Å²) in [5.41, 5.74) is 4.11. The normalized spacial score (nSPS) is 11.2. The van der Waals surface area contributed by atoms with E-state index in [0.29, 0.717) is 4.90 Å². The molecule has 0 atom stereocenters. The highest BCUT2D eigenvalue weighted by molar-refractivity contribution is 6.00. The molecule has 0 spiro atoms. The molecule has 0 heterocycles. The van der Waals surface area contributed by atoms with Crippen molar-refractivity contribution in [3.8, 4) is 0 Å². The highest BCUT2D eigenvalue weighted by Gasteiger charge is 2.32. The van der Waals surface area contributed by atoms with Crippen molar-refractivity contribution in [3.05, 3.63) is 33.9 Å². The lowest BCUT2D eigenvalue weighted by molar-refractivity contribution is -0.383. The van der Waals surface area contributed by atoms with Gasteiger partial charge in [0, 0.05) is 13.1 Å². The molecule has 0 bridgehead atoms. The molecule has 9 heteroatoms. The van der Waals surface area contributed by atoms with Gasteiger partial charge in [0.1, 0.15) is 12.2 Å². The third kappa shape index (κ3) is 3.57. The van der Waals surface area contributed by atoms with Crippen LogP contribution in [0.25, 0.3) is 0 Å². The molecule has 2 N–H and O–H groups in total. The van der Waals surface area contributed by atoms with Crippen LogP contribution in [-0.2, 0) is 0 Å². The maximum atomic E-state index is 12.2. The van der Waals surface area contributed by atoms with E-state index in [9.17, 15) is 28.1 Å². The van der Waals surface area contributed by atoms with Gasteiger partial charge in [0.05, 0.1) is 10.5 Å². The average Bonchev–Trinajstić information content (AvgIpc) is 2.25. The molecule has 1 rings (SSSR count). The van der Waals surface area contributed by atoms with Crippen LogP contribution in [0.5, 0.6) is 0 Å². The number of para-hydroxylation sites is 1. The maximum Gasteiger partial charge on any atom is 0.406 e. The van der Waals surface area contributed by atoms with Crippen molar-refractivity contribution in [1.82, 2.24) is 4.90 Å². The monoisotopic (exact) mass is 277 g/mol. The van der Waals surface area contributed by atoms with Crippen LogP contribution in [0.3, 0.4) is 0 Å². The number of nitrogens with zero attached hydrogens (tertiary/aromatic N) is 2. The molecule has 104 valence electrons. The van der Waals surface area contributed by atoms with Gasteiger partial charge in [0.25, 0.3) is 11.6 Å². The van der Waals surface area contributed by atoms with Crippen molar-refractivity contribution in [2.75, 3.05) is 19.3 Å². The van der Waals surface area contributed by atoms with Crippen LogP contribution >= 0.6 is 0 Å². The van der Waals surface area contributed by atoms with Gasteiger partial charge < -0.3 is 10.6 Å². The Morgan fingerprint density at radius 2 is 2.05 bits per heavy atom. The summed E-state index contributed by atoms with van der Waals surface area (Å²) >= 11 is 0. The van der Waals surface area contributed by atoms with Gasteiger partial charge in [-0.1, -0.05) is 6.07 Å². The van der Waals surface area contributed by atoms with E-state index in [2.05, 4.69) is 0 Å². The number of hydrogen-bond acceptors (Lipinski definition) is 4. The van der Waals surface area contributed by atoms with E-state index < -0.39 is 34.9 Å². The Hall–Kier alpha value is -2.32. The van der Waals surface area contributed by atoms with E-state index in [4.69, 9.17) is 5.73 Å². The molecule has 6 nitrogen and oxygen atoms in total. The first-order chi connectivity index (χ1) is 8.63. The lowest BCUT2D eigenvalue weighted by atomic mass is 10.1. The lowest BCUT2D eigenvalue weighted by Crippen LogP contribution is -2.36. The van der Waals surface area contributed by atoms with Crippen LogP contribution in [0.4, 0.5) is 24.5 Å². The van der Waals surface area contributed by atoms with Crippen molar-refractivity contribution in [3.63, 3.8) is 0 Å². The fraction of sp³-hybridized carbons (Fsp3) is 0.300. The van der Waals surface area contributed by atoms with Gasteiger partial charge in [0.15, 0.2) is 0 Å². The van der Waals surface area contributed by atoms with Crippen LogP contribution in [0.1, 0.15) is 10.4 Å². The number of benzene rings is 1. The molecule has 19 heavy (non-hydrogen) atoms. The van der Waals surface area contributed by atoms with Gasteiger partial charge in [-0.2, -0.15) is 13.2 Å². The van der Waals surface area contributed by atoms with Gasteiger partial charge in [0.2, 0.25) is 0 Å². The minimum absolute atomic E-state index is 0.332. The van der Waals surface area contributed by atoms with E-state index in [0.717, 1.165) is 19.2 Å². The predicted octanol–water partition coefficient (Wildman–Crippen LogP) is 1.81. The average molecular weight is 277 g/mol. The van der Waals surface area contributed by atoms with Gasteiger partial charge in [-0.3, -0.25) is 14.9 Å². The fourth-order valence-corrected chi connectivity index (χ4v) is 1.45. The van der Waals surface area contributed by atoms with Gasteiger partial charge in [-0.15, -0.1) is 0 Å². The Balaban J connectivity index is 3.07. The van der Waals surface area contributed by atoms with Crippen molar-refractivity contribution >= 4 is 17.3 Å². The molecule has 1 amide bonds. The third-order valence-corrected chi connectivity index (χ3v) is 2.27. The second-order valence-electron chi connectivity index (χ2n) is 3.77. The fourth-order valence-electron chi connectivity index (χ4n) is 1.45. The summed E-state index contributed by atoms with van der Waals surface area (Å²) in [5, 5.41) is 10.6. The quantitative estimate of drug-likeness (QED) is 0.518. The number of carbonyl (C=O) groups excluding carboxylic acids is 1. The van der Waals surface area contributed by atoms with E-state index in [1.807, 2.05) is 0 Å². The molecule has 0 fully saturated rings. The van der Waals surface area contributed by atoms with Crippen LogP contribution < -0.4 is 5.73 Å².